The summed E-state index contributed by atoms with van der Waals surface area (Å²) in [5.74, 6) is -0.234. The summed E-state index contributed by atoms with van der Waals surface area (Å²) in [5, 5.41) is 0. The van der Waals surface area contributed by atoms with Gasteiger partial charge in [0.25, 0.3) is 0 Å². The fourth-order valence-corrected chi connectivity index (χ4v) is 4.45. The van der Waals surface area contributed by atoms with Crippen molar-refractivity contribution in [2.24, 2.45) is 0 Å². The topological polar surface area (TPSA) is 54.5 Å². The molecule has 6 heteroatoms. The summed E-state index contributed by atoms with van der Waals surface area (Å²) in [5.41, 5.74) is 1.02. The molecule has 0 radical (unpaired) electrons. The molecule has 0 saturated carbocycles. The van der Waals surface area contributed by atoms with Crippen molar-refractivity contribution in [1.29, 1.82) is 0 Å². The van der Waals surface area contributed by atoms with Crippen LogP contribution in [0, 0.1) is 0 Å². The quantitative estimate of drug-likeness (QED) is 0.845. The SMILES string of the molecule is C[C@H](CC(=O)N1CCCS1(=O)=O)c1ccccc1Br. The largest absolute Gasteiger partial charge is 0.274 e. The van der Waals surface area contributed by atoms with Crippen LogP contribution < -0.4 is 0 Å². The lowest BCUT2D eigenvalue weighted by Gasteiger charge is -2.18. The summed E-state index contributed by atoms with van der Waals surface area (Å²) in [6.45, 7) is 2.25. The Morgan fingerprint density at radius 2 is 2.11 bits per heavy atom. The molecule has 1 aliphatic heterocycles. The number of hydrogen-bond donors (Lipinski definition) is 0. The molecule has 1 aliphatic rings. The number of hydrogen-bond acceptors (Lipinski definition) is 3. The molecule has 19 heavy (non-hydrogen) atoms. The Morgan fingerprint density at radius 1 is 1.42 bits per heavy atom. The molecule has 1 saturated heterocycles. The third kappa shape index (κ3) is 3.17. The third-order valence-electron chi connectivity index (χ3n) is 3.29. The van der Waals surface area contributed by atoms with Gasteiger partial charge < -0.3 is 0 Å². The molecular weight excluding hydrogens is 330 g/mol. The van der Waals surface area contributed by atoms with Gasteiger partial charge in [-0.05, 0) is 24.0 Å². The number of carbonyl (C=O) groups is 1. The van der Waals surface area contributed by atoms with Crippen LogP contribution in [0.3, 0.4) is 0 Å². The van der Waals surface area contributed by atoms with Crippen LogP contribution in [0.2, 0.25) is 0 Å². The molecule has 1 fully saturated rings. The second-order valence-corrected chi connectivity index (χ2v) is 7.63. The summed E-state index contributed by atoms with van der Waals surface area (Å²) in [6, 6.07) is 7.68. The predicted octanol–water partition coefficient (Wildman–Crippen LogP) is 2.50. The predicted molar refractivity (Wildman–Crippen MR) is 77.3 cm³/mol. The molecule has 0 unspecified atom stereocenters. The van der Waals surface area contributed by atoms with Crippen molar-refractivity contribution in [2.75, 3.05) is 12.3 Å². The van der Waals surface area contributed by atoms with Gasteiger partial charge in [0.15, 0.2) is 0 Å². The summed E-state index contributed by atoms with van der Waals surface area (Å²) in [6.07, 6.45) is 0.749. The van der Waals surface area contributed by atoms with Crippen molar-refractivity contribution in [3.8, 4) is 0 Å². The molecule has 0 spiro atoms. The maximum Gasteiger partial charge on any atom is 0.237 e. The maximum absolute atomic E-state index is 12.1. The fourth-order valence-electron chi connectivity index (χ4n) is 2.27. The van der Waals surface area contributed by atoms with Crippen LogP contribution in [0.15, 0.2) is 28.7 Å². The number of rotatable bonds is 3. The molecule has 104 valence electrons. The highest BCUT2D eigenvalue weighted by Gasteiger charge is 2.33. The summed E-state index contributed by atoms with van der Waals surface area (Å²) >= 11 is 3.45. The number of halogens is 1. The van der Waals surface area contributed by atoms with Gasteiger partial charge in [0.1, 0.15) is 0 Å². The van der Waals surface area contributed by atoms with Crippen LogP contribution >= 0.6 is 15.9 Å². The Bertz CT molecular complexity index is 585. The number of carbonyl (C=O) groups excluding carboxylic acids is 1. The molecule has 0 N–H and O–H groups in total. The zero-order valence-electron chi connectivity index (χ0n) is 10.7. The fraction of sp³-hybridized carbons (Fsp3) is 0.462. The molecule has 1 aromatic rings. The molecular formula is C13H16BrNO3S. The number of amides is 1. The minimum absolute atomic E-state index is 0.0149. The highest BCUT2D eigenvalue weighted by atomic mass is 79.9. The lowest BCUT2D eigenvalue weighted by Crippen LogP contribution is -2.33. The molecule has 1 atom stereocenters. The average molecular weight is 346 g/mol. The molecule has 1 amide bonds. The van der Waals surface area contributed by atoms with E-state index in [1.54, 1.807) is 0 Å². The van der Waals surface area contributed by atoms with E-state index in [0.29, 0.717) is 13.0 Å². The first-order chi connectivity index (χ1) is 8.92. The zero-order chi connectivity index (χ0) is 14.0. The first-order valence-electron chi connectivity index (χ1n) is 6.19. The zero-order valence-corrected chi connectivity index (χ0v) is 13.1. The molecule has 1 heterocycles. The smallest absolute Gasteiger partial charge is 0.237 e. The van der Waals surface area contributed by atoms with Crippen LogP contribution in [0.25, 0.3) is 0 Å². The van der Waals surface area contributed by atoms with Crippen molar-refractivity contribution in [2.45, 2.75) is 25.7 Å². The monoisotopic (exact) mass is 345 g/mol. The van der Waals surface area contributed by atoms with E-state index in [-0.39, 0.29) is 24.0 Å². The van der Waals surface area contributed by atoms with E-state index in [0.717, 1.165) is 14.3 Å². The van der Waals surface area contributed by atoms with Crippen molar-refractivity contribution in [3.63, 3.8) is 0 Å². The standard InChI is InChI=1S/C13H16BrNO3S/c1-10(11-5-2-3-6-12(11)14)9-13(16)15-7-4-8-19(15,17)18/h2-3,5-6,10H,4,7-9H2,1H3/t10-/m1/s1. The molecule has 0 aromatic heterocycles. The van der Waals surface area contributed by atoms with Crippen LogP contribution in [0.5, 0.6) is 0 Å². The molecule has 1 aromatic carbocycles. The number of nitrogens with zero attached hydrogens (tertiary/aromatic N) is 1. The maximum atomic E-state index is 12.1. The van der Waals surface area contributed by atoms with Crippen LogP contribution in [0.4, 0.5) is 0 Å². The van der Waals surface area contributed by atoms with E-state index in [2.05, 4.69) is 15.9 Å². The Kier molecular flexibility index (Phi) is 4.30. The van der Waals surface area contributed by atoms with Crippen molar-refractivity contribution >= 4 is 31.9 Å². The lowest BCUT2D eigenvalue weighted by molar-refractivity contribution is -0.126. The van der Waals surface area contributed by atoms with Gasteiger partial charge in [0.2, 0.25) is 15.9 Å². The first-order valence-corrected chi connectivity index (χ1v) is 8.59. The Hall–Kier alpha value is -0.880. The van der Waals surface area contributed by atoms with Crippen LogP contribution in [0.1, 0.15) is 31.2 Å². The van der Waals surface area contributed by atoms with Crippen LogP contribution in [-0.2, 0) is 14.8 Å². The van der Waals surface area contributed by atoms with E-state index >= 15 is 0 Å². The van der Waals surface area contributed by atoms with E-state index in [1.807, 2.05) is 31.2 Å². The van der Waals surface area contributed by atoms with Gasteiger partial charge in [0.05, 0.1) is 5.75 Å². The summed E-state index contributed by atoms with van der Waals surface area (Å²) < 4.78 is 25.3. The highest BCUT2D eigenvalue weighted by molar-refractivity contribution is 9.10. The number of sulfonamides is 1. The van der Waals surface area contributed by atoms with Gasteiger partial charge >= 0.3 is 0 Å². The second kappa shape index (κ2) is 5.63. The minimum Gasteiger partial charge on any atom is -0.274 e. The van der Waals surface area contributed by atoms with Gasteiger partial charge in [-0.25, -0.2) is 12.7 Å². The second-order valence-electron chi connectivity index (χ2n) is 4.76. The van der Waals surface area contributed by atoms with E-state index in [1.165, 1.54) is 0 Å². The van der Waals surface area contributed by atoms with Crippen molar-refractivity contribution in [3.05, 3.63) is 34.3 Å². The van der Waals surface area contributed by atoms with Crippen LogP contribution in [-0.4, -0.2) is 30.9 Å². The third-order valence-corrected chi connectivity index (χ3v) is 5.88. The highest BCUT2D eigenvalue weighted by Crippen LogP contribution is 2.28. The summed E-state index contributed by atoms with van der Waals surface area (Å²) in [7, 11) is -3.35. The normalized spacial score (nSPS) is 19.4. The Labute approximate surface area is 122 Å². The number of benzene rings is 1. The minimum atomic E-state index is -3.35. The molecule has 0 aliphatic carbocycles. The van der Waals surface area contributed by atoms with E-state index in [4.69, 9.17) is 0 Å². The average Bonchev–Trinajstić information content (AvgIpc) is 2.69. The molecule has 4 nitrogen and oxygen atoms in total. The Morgan fingerprint density at radius 3 is 2.68 bits per heavy atom. The summed E-state index contributed by atoms with van der Waals surface area (Å²) in [4.78, 5) is 12.1. The van der Waals surface area contributed by atoms with Crippen molar-refractivity contribution < 1.29 is 13.2 Å². The van der Waals surface area contributed by atoms with Gasteiger partial charge in [-0.15, -0.1) is 0 Å². The Balaban J connectivity index is 2.10. The van der Waals surface area contributed by atoms with E-state index in [9.17, 15) is 13.2 Å². The van der Waals surface area contributed by atoms with Crippen molar-refractivity contribution in [1.82, 2.24) is 4.31 Å². The van der Waals surface area contributed by atoms with Gasteiger partial charge in [0, 0.05) is 17.4 Å². The van der Waals surface area contributed by atoms with E-state index < -0.39 is 10.0 Å². The molecule has 0 bridgehead atoms. The lowest BCUT2D eigenvalue weighted by atomic mass is 9.97. The van der Waals surface area contributed by atoms with Gasteiger partial charge in [-0.1, -0.05) is 41.1 Å². The van der Waals surface area contributed by atoms with Gasteiger partial charge in [-0.3, -0.25) is 4.79 Å². The molecule has 2 rings (SSSR count). The van der Waals surface area contributed by atoms with Gasteiger partial charge in [-0.2, -0.15) is 0 Å². The first kappa shape index (κ1) is 14.5.